The van der Waals surface area contributed by atoms with Crippen molar-refractivity contribution in [1.29, 1.82) is 0 Å². The highest BCUT2D eigenvalue weighted by molar-refractivity contribution is 7.92. The van der Waals surface area contributed by atoms with Crippen molar-refractivity contribution in [2.45, 2.75) is 6.10 Å². The fourth-order valence-corrected chi connectivity index (χ4v) is 4.02. The number of nitrogens with zero attached hydrogens (tertiary/aromatic N) is 2. The summed E-state index contributed by atoms with van der Waals surface area (Å²) in [7, 11) is -3.57. The summed E-state index contributed by atoms with van der Waals surface area (Å²) in [6.07, 6.45) is 0.180. The van der Waals surface area contributed by atoms with Gasteiger partial charge in [-0.3, -0.25) is 14.0 Å². The Labute approximate surface area is 158 Å². The number of morpholine rings is 1. The van der Waals surface area contributed by atoms with Crippen LogP contribution >= 0.6 is 11.6 Å². The fourth-order valence-electron chi connectivity index (χ4n) is 2.95. The first-order valence-corrected chi connectivity index (χ1v) is 10.6. The second kappa shape index (κ2) is 7.99. The lowest BCUT2D eigenvalue weighted by molar-refractivity contribution is -0.127. The molecule has 1 saturated heterocycles. The quantitative estimate of drug-likeness (QED) is 0.761. The standard InChI is InChI=1S/C16H22ClN3O5S/c1-26(22,23)20-11-15(25-14-3-2-12(17)10-13(14)20)16(21)18-4-5-19-6-8-24-9-7-19/h2-3,10,15H,4-9,11H2,1H3,(H,18,21)/t15-/m0/s1. The summed E-state index contributed by atoms with van der Waals surface area (Å²) in [4.78, 5) is 14.7. The highest BCUT2D eigenvalue weighted by Crippen LogP contribution is 2.37. The van der Waals surface area contributed by atoms with Crippen LogP contribution in [0, 0.1) is 0 Å². The van der Waals surface area contributed by atoms with E-state index in [1.165, 1.54) is 6.07 Å². The van der Waals surface area contributed by atoms with Gasteiger partial charge in [0.05, 0.1) is 31.7 Å². The number of halogens is 1. The molecule has 0 aromatic heterocycles. The first-order valence-electron chi connectivity index (χ1n) is 8.36. The predicted molar refractivity (Wildman–Crippen MR) is 98.3 cm³/mol. The van der Waals surface area contributed by atoms with Crippen molar-refractivity contribution in [1.82, 2.24) is 10.2 Å². The van der Waals surface area contributed by atoms with Crippen molar-refractivity contribution in [2.24, 2.45) is 0 Å². The van der Waals surface area contributed by atoms with Crippen LogP contribution in [0.3, 0.4) is 0 Å². The van der Waals surface area contributed by atoms with E-state index in [-0.39, 0.29) is 12.5 Å². The number of sulfonamides is 1. The van der Waals surface area contributed by atoms with E-state index >= 15 is 0 Å². The Morgan fingerprint density at radius 2 is 2.08 bits per heavy atom. The Kier molecular flexibility index (Phi) is 5.91. The molecule has 0 radical (unpaired) electrons. The molecule has 144 valence electrons. The summed E-state index contributed by atoms with van der Waals surface area (Å²) in [5.74, 6) is -0.0214. The zero-order chi connectivity index (χ0) is 18.7. The van der Waals surface area contributed by atoms with Gasteiger partial charge in [-0.2, -0.15) is 0 Å². The van der Waals surface area contributed by atoms with Gasteiger partial charge in [0, 0.05) is 31.2 Å². The third-order valence-electron chi connectivity index (χ3n) is 4.31. The third-order valence-corrected chi connectivity index (χ3v) is 5.70. The minimum atomic E-state index is -3.57. The van der Waals surface area contributed by atoms with Gasteiger partial charge in [-0.25, -0.2) is 8.42 Å². The highest BCUT2D eigenvalue weighted by Gasteiger charge is 2.35. The van der Waals surface area contributed by atoms with Crippen LogP contribution in [-0.2, 0) is 19.6 Å². The Morgan fingerprint density at radius 1 is 1.35 bits per heavy atom. The van der Waals surface area contributed by atoms with Gasteiger partial charge in [0.25, 0.3) is 5.91 Å². The molecule has 2 heterocycles. The van der Waals surface area contributed by atoms with Gasteiger partial charge < -0.3 is 14.8 Å². The Hall–Kier alpha value is -1.55. The summed E-state index contributed by atoms with van der Waals surface area (Å²) in [5.41, 5.74) is 0.345. The van der Waals surface area contributed by atoms with Crippen molar-refractivity contribution >= 4 is 33.2 Å². The molecule has 26 heavy (non-hydrogen) atoms. The molecule has 1 aromatic carbocycles. The number of amides is 1. The average molecular weight is 404 g/mol. The molecule has 0 unspecified atom stereocenters. The number of nitrogens with one attached hydrogen (secondary N) is 1. The summed E-state index contributed by atoms with van der Waals surface area (Å²) in [6.45, 7) is 4.16. The van der Waals surface area contributed by atoms with Gasteiger partial charge in [0.2, 0.25) is 10.0 Å². The van der Waals surface area contributed by atoms with Crippen molar-refractivity contribution in [2.75, 3.05) is 56.5 Å². The lowest BCUT2D eigenvalue weighted by atomic mass is 10.2. The SMILES string of the molecule is CS(=O)(=O)N1C[C@@H](C(=O)NCCN2CCOCC2)Oc2ccc(Cl)cc21. The van der Waals surface area contributed by atoms with E-state index in [0.717, 1.165) is 23.7 Å². The molecule has 0 saturated carbocycles. The second-order valence-electron chi connectivity index (χ2n) is 6.26. The number of ether oxygens (including phenoxy) is 2. The van der Waals surface area contributed by atoms with Crippen LogP contribution in [0.5, 0.6) is 5.75 Å². The van der Waals surface area contributed by atoms with Crippen LogP contribution in [0.25, 0.3) is 0 Å². The molecular weight excluding hydrogens is 382 g/mol. The molecule has 1 atom stereocenters. The van der Waals surface area contributed by atoms with E-state index in [1.807, 2.05) is 0 Å². The van der Waals surface area contributed by atoms with E-state index < -0.39 is 16.1 Å². The molecule has 3 rings (SSSR count). The Bertz CT molecular complexity index is 767. The molecule has 1 aromatic rings. The molecule has 1 amide bonds. The van der Waals surface area contributed by atoms with Crippen LogP contribution in [0.15, 0.2) is 18.2 Å². The molecule has 0 aliphatic carbocycles. The number of carbonyl (C=O) groups excluding carboxylic acids is 1. The molecule has 8 nitrogen and oxygen atoms in total. The molecule has 2 aliphatic rings. The highest BCUT2D eigenvalue weighted by atomic mass is 35.5. The molecule has 0 spiro atoms. The maximum absolute atomic E-state index is 12.5. The normalized spacial score (nSPS) is 21.0. The fraction of sp³-hybridized carbons (Fsp3) is 0.562. The number of rotatable bonds is 5. The van der Waals surface area contributed by atoms with Gasteiger partial charge >= 0.3 is 0 Å². The van der Waals surface area contributed by atoms with E-state index in [9.17, 15) is 13.2 Å². The van der Waals surface area contributed by atoms with E-state index in [2.05, 4.69) is 10.2 Å². The van der Waals surface area contributed by atoms with Crippen LogP contribution in [0.1, 0.15) is 0 Å². The molecular formula is C16H22ClN3O5S. The smallest absolute Gasteiger partial charge is 0.263 e. The molecule has 0 bridgehead atoms. The van der Waals surface area contributed by atoms with Gasteiger partial charge in [-0.05, 0) is 18.2 Å². The van der Waals surface area contributed by atoms with Crippen molar-refractivity contribution in [3.63, 3.8) is 0 Å². The van der Waals surface area contributed by atoms with Gasteiger partial charge in [0.15, 0.2) is 6.10 Å². The number of benzene rings is 1. The van der Waals surface area contributed by atoms with E-state index in [1.54, 1.807) is 12.1 Å². The number of hydrogen-bond acceptors (Lipinski definition) is 6. The van der Waals surface area contributed by atoms with Gasteiger partial charge in [-0.1, -0.05) is 11.6 Å². The first kappa shape index (κ1) is 19.2. The monoisotopic (exact) mass is 403 g/mol. The number of hydrogen-bond donors (Lipinski definition) is 1. The summed E-state index contributed by atoms with van der Waals surface area (Å²) in [5, 5.41) is 3.22. The minimum Gasteiger partial charge on any atom is -0.476 e. The third kappa shape index (κ3) is 4.59. The van der Waals surface area contributed by atoms with Gasteiger partial charge in [-0.15, -0.1) is 0 Å². The van der Waals surface area contributed by atoms with Crippen LogP contribution in [0.2, 0.25) is 5.02 Å². The maximum atomic E-state index is 12.5. The summed E-state index contributed by atoms with van der Waals surface area (Å²) in [6, 6.07) is 4.69. The molecule has 1 fully saturated rings. The number of anilines is 1. The van der Waals surface area contributed by atoms with Crippen molar-refractivity contribution < 1.29 is 22.7 Å². The first-order chi connectivity index (χ1) is 12.3. The minimum absolute atomic E-state index is 0.0877. The zero-order valence-corrected chi connectivity index (χ0v) is 16.1. The number of fused-ring (bicyclic) bond motifs is 1. The van der Waals surface area contributed by atoms with Gasteiger partial charge in [0.1, 0.15) is 5.75 Å². The van der Waals surface area contributed by atoms with Crippen LogP contribution in [-0.4, -0.2) is 77.5 Å². The Morgan fingerprint density at radius 3 is 2.77 bits per heavy atom. The predicted octanol–water partition coefficient (Wildman–Crippen LogP) is 0.315. The topological polar surface area (TPSA) is 88.2 Å². The summed E-state index contributed by atoms with van der Waals surface area (Å²) < 4.78 is 36.4. The molecule has 1 N–H and O–H groups in total. The molecule has 10 heteroatoms. The van der Waals surface area contributed by atoms with E-state index in [4.69, 9.17) is 21.1 Å². The van der Waals surface area contributed by atoms with Crippen LogP contribution < -0.4 is 14.4 Å². The van der Waals surface area contributed by atoms with E-state index in [0.29, 0.717) is 42.8 Å². The summed E-state index contributed by atoms with van der Waals surface area (Å²) >= 11 is 5.96. The van der Waals surface area contributed by atoms with Crippen molar-refractivity contribution in [3.8, 4) is 5.75 Å². The van der Waals surface area contributed by atoms with Crippen LogP contribution in [0.4, 0.5) is 5.69 Å². The average Bonchev–Trinajstić information content (AvgIpc) is 2.60. The number of carbonyl (C=O) groups is 1. The lowest BCUT2D eigenvalue weighted by Gasteiger charge is -2.34. The maximum Gasteiger partial charge on any atom is 0.263 e. The van der Waals surface area contributed by atoms with Crippen molar-refractivity contribution in [3.05, 3.63) is 23.2 Å². The zero-order valence-electron chi connectivity index (χ0n) is 14.5. The lowest BCUT2D eigenvalue weighted by Crippen LogP contribution is -2.51. The largest absolute Gasteiger partial charge is 0.476 e. The second-order valence-corrected chi connectivity index (χ2v) is 8.60. The molecule has 2 aliphatic heterocycles. The Balaban J connectivity index is 1.65.